The normalized spacial score (nSPS) is 28.0. The van der Waals surface area contributed by atoms with Crippen LogP contribution >= 0.6 is 11.3 Å². The van der Waals surface area contributed by atoms with Gasteiger partial charge in [-0.3, -0.25) is 11.3 Å². The zero-order valence-corrected chi connectivity index (χ0v) is 14.9. The summed E-state index contributed by atoms with van der Waals surface area (Å²) >= 11 is 1.81. The highest BCUT2D eigenvalue weighted by Crippen LogP contribution is 2.38. The van der Waals surface area contributed by atoms with Crippen LogP contribution in [-0.2, 0) is 6.42 Å². The van der Waals surface area contributed by atoms with Crippen LogP contribution in [0.2, 0.25) is 0 Å². The summed E-state index contributed by atoms with van der Waals surface area (Å²) in [6, 6.07) is 0.255. The molecular formula is C16H30N4S. The number of nitrogens with two attached hydrogens (primary N) is 1. The lowest BCUT2D eigenvalue weighted by Gasteiger charge is -2.49. The van der Waals surface area contributed by atoms with Crippen LogP contribution in [0.5, 0.6) is 0 Å². The molecule has 5 heteroatoms. The van der Waals surface area contributed by atoms with Crippen molar-refractivity contribution in [1.29, 1.82) is 0 Å². The predicted molar refractivity (Wildman–Crippen MR) is 90.5 cm³/mol. The molecule has 1 heterocycles. The van der Waals surface area contributed by atoms with Crippen LogP contribution < -0.4 is 11.3 Å². The molecule has 0 radical (unpaired) electrons. The van der Waals surface area contributed by atoms with Gasteiger partial charge in [-0.25, -0.2) is 4.98 Å². The van der Waals surface area contributed by atoms with Gasteiger partial charge in [0, 0.05) is 22.9 Å². The SMILES string of the molecule is Cc1nc(CC(NN)C2(N(C)C)CCC(C)CC2)sc1C. The molecule has 3 N–H and O–H groups in total. The van der Waals surface area contributed by atoms with E-state index in [-0.39, 0.29) is 11.6 Å². The minimum Gasteiger partial charge on any atom is -0.302 e. The molecule has 2 rings (SSSR count). The summed E-state index contributed by atoms with van der Waals surface area (Å²) < 4.78 is 0. The van der Waals surface area contributed by atoms with Crippen molar-refractivity contribution in [2.45, 2.75) is 64.5 Å². The van der Waals surface area contributed by atoms with Crippen molar-refractivity contribution in [1.82, 2.24) is 15.3 Å². The fourth-order valence-corrected chi connectivity index (χ4v) is 4.55. The van der Waals surface area contributed by atoms with Crippen LogP contribution in [0.3, 0.4) is 0 Å². The Hall–Kier alpha value is -0.490. The van der Waals surface area contributed by atoms with Gasteiger partial charge in [-0.2, -0.15) is 0 Å². The van der Waals surface area contributed by atoms with Crippen molar-refractivity contribution in [2.24, 2.45) is 11.8 Å². The van der Waals surface area contributed by atoms with Gasteiger partial charge in [0.25, 0.3) is 0 Å². The van der Waals surface area contributed by atoms with Crippen LogP contribution in [0.15, 0.2) is 0 Å². The second-order valence-electron chi connectivity index (χ2n) is 6.85. The average Bonchev–Trinajstić information content (AvgIpc) is 2.76. The van der Waals surface area contributed by atoms with E-state index < -0.39 is 0 Å². The molecule has 0 aliphatic heterocycles. The summed E-state index contributed by atoms with van der Waals surface area (Å²) in [5.74, 6) is 6.79. The Bertz CT molecular complexity index is 441. The van der Waals surface area contributed by atoms with E-state index in [0.29, 0.717) is 0 Å². The molecule has 1 unspecified atom stereocenters. The molecule has 4 nitrogen and oxygen atoms in total. The highest BCUT2D eigenvalue weighted by Gasteiger charge is 2.43. The van der Waals surface area contributed by atoms with Crippen molar-refractivity contribution >= 4 is 11.3 Å². The standard InChI is InChI=1S/C16H30N4S/c1-11-6-8-16(9-7-11,20(4)5)14(19-17)10-15-18-12(2)13(3)21-15/h11,14,19H,6-10,17H2,1-5H3. The number of rotatable bonds is 5. The number of aromatic nitrogens is 1. The number of aryl methyl sites for hydroxylation is 2. The van der Waals surface area contributed by atoms with Crippen LogP contribution in [0.4, 0.5) is 0 Å². The first-order chi connectivity index (χ1) is 9.89. The summed E-state index contributed by atoms with van der Waals surface area (Å²) in [4.78, 5) is 8.40. The average molecular weight is 311 g/mol. The predicted octanol–water partition coefficient (Wildman–Crippen LogP) is 2.64. The Kier molecular flexibility index (Phi) is 5.41. The zero-order chi connectivity index (χ0) is 15.6. The summed E-state index contributed by atoms with van der Waals surface area (Å²) in [7, 11) is 4.39. The summed E-state index contributed by atoms with van der Waals surface area (Å²) in [5.41, 5.74) is 4.41. The van der Waals surface area contributed by atoms with Crippen molar-refractivity contribution in [3.8, 4) is 0 Å². The number of thiazole rings is 1. The molecule has 0 amide bonds. The maximum atomic E-state index is 5.95. The fourth-order valence-electron chi connectivity index (χ4n) is 3.57. The minimum atomic E-state index is 0.148. The van der Waals surface area contributed by atoms with Gasteiger partial charge in [-0.05, 0) is 59.5 Å². The molecule has 1 aromatic heterocycles. The van der Waals surface area contributed by atoms with Crippen molar-refractivity contribution in [3.05, 3.63) is 15.6 Å². The summed E-state index contributed by atoms with van der Waals surface area (Å²) in [6.07, 6.45) is 5.90. The van der Waals surface area contributed by atoms with E-state index in [0.717, 1.165) is 18.0 Å². The Labute approximate surface area is 133 Å². The lowest BCUT2D eigenvalue weighted by molar-refractivity contribution is 0.0434. The van der Waals surface area contributed by atoms with E-state index in [2.05, 4.69) is 45.2 Å². The highest BCUT2D eigenvalue weighted by atomic mass is 32.1. The molecule has 120 valence electrons. The number of nitrogens with zero attached hydrogens (tertiary/aromatic N) is 2. The second kappa shape index (κ2) is 6.73. The monoisotopic (exact) mass is 310 g/mol. The van der Waals surface area contributed by atoms with Gasteiger partial charge in [0.05, 0.1) is 10.7 Å². The van der Waals surface area contributed by atoms with Gasteiger partial charge in [0.2, 0.25) is 0 Å². The quantitative estimate of drug-likeness (QED) is 0.648. The van der Waals surface area contributed by atoms with Crippen LogP contribution in [0.25, 0.3) is 0 Å². The number of hydrazine groups is 1. The van der Waals surface area contributed by atoms with Crippen LogP contribution in [-0.4, -0.2) is 35.6 Å². The summed E-state index contributed by atoms with van der Waals surface area (Å²) in [5, 5.41) is 1.20. The number of hydrogen-bond donors (Lipinski definition) is 2. The second-order valence-corrected chi connectivity index (χ2v) is 8.14. The van der Waals surface area contributed by atoms with Gasteiger partial charge >= 0.3 is 0 Å². The molecule has 1 aliphatic carbocycles. The maximum absolute atomic E-state index is 5.95. The molecule has 1 atom stereocenters. The van der Waals surface area contributed by atoms with Crippen molar-refractivity contribution in [3.63, 3.8) is 0 Å². The van der Waals surface area contributed by atoms with Gasteiger partial charge in [-0.15, -0.1) is 11.3 Å². The Morgan fingerprint density at radius 2 is 2.00 bits per heavy atom. The Morgan fingerprint density at radius 3 is 2.43 bits per heavy atom. The number of nitrogens with one attached hydrogen (secondary N) is 1. The Balaban J connectivity index is 2.20. The topological polar surface area (TPSA) is 54.2 Å². The molecule has 1 aromatic rings. The van der Waals surface area contributed by atoms with Crippen LogP contribution in [0.1, 0.15) is 48.2 Å². The largest absolute Gasteiger partial charge is 0.302 e. The first-order valence-electron chi connectivity index (χ1n) is 7.95. The van der Waals surface area contributed by atoms with E-state index in [1.807, 2.05) is 11.3 Å². The molecule has 0 bridgehead atoms. The molecule has 1 fully saturated rings. The molecule has 1 aliphatic rings. The van der Waals surface area contributed by atoms with Gasteiger partial charge in [0.1, 0.15) is 0 Å². The van der Waals surface area contributed by atoms with Gasteiger partial charge in [0.15, 0.2) is 0 Å². The maximum Gasteiger partial charge on any atom is 0.0947 e. The van der Waals surface area contributed by atoms with E-state index >= 15 is 0 Å². The number of likely N-dealkylation sites (N-methyl/N-ethyl adjacent to an activating group) is 1. The molecule has 0 aromatic carbocycles. The molecule has 0 spiro atoms. The van der Waals surface area contributed by atoms with Gasteiger partial charge < -0.3 is 4.90 Å². The molecular weight excluding hydrogens is 280 g/mol. The third kappa shape index (κ3) is 3.47. The van der Waals surface area contributed by atoms with Crippen molar-refractivity contribution in [2.75, 3.05) is 14.1 Å². The fraction of sp³-hybridized carbons (Fsp3) is 0.812. The van der Waals surface area contributed by atoms with E-state index in [4.69, 9.17) is 10.8 Å². The van der Waals surface area contributed by atoms with Crippen LogP contribution in [0, 0.1) is 19.8 Å². The molecule has 21 heavy (non-hydrogen) atoms. The minimum absolute atomic E-state index is 0.148. The van der Waals surface area contributed by atoms with Gasteiger partial charge in [-0.1, -0.05) is 6.92 Å². The lowest BCUT2D eigenvalue weighted by atomic mass is 9.71. The van der Waals surface area contributed by atoms with Crippen molar-refractivity contribution < 1.29 is 0 Å². The van der Waals surface area contributed by atoms with E-state index in [1.54, 1.807) is 0 Å². The third-order valence-corrected chi connectivity index (χ3v) is 6.43. The van der Waals surface area contributed by atoms with E-state index in [1.165, 1.54) is 35.6 Å². The lowest BCUT2D eigenvalue weighted by Crippen LogP contribution is -2.62. The zero-order valence-electron chi connectivity index (χ0n) is 14.1. The molecule has 0 saturated heterocycles. The number of hydrogen-bond acceptors (Lipinski definition) is 5. The smallest absolute Gasteiger partial charge is 0.0947 e. The highest BCUT2D eigenvalue weighted by molar-refractivity contribution is 7.11. The van der Waals surface area contributed by atoms with E-state index in [9.17, 15) is 0 Å². The molecule has 1 saturated carbocycles. The Morgan fingerprint density at radius 1 is 1.38 bits per heavy atom. The first-order valence-corrected chi connectivity index (χ1v) is 8.77. The summed E-state index contributed by atoms with van der Waals surface area (Å²) in [6.45, 7) is 6.59. The third-order valence-electron chi connectivity index (χ3n) is 5.33. The first kappa shape index (κ1) is 16.9.